The predicted octanol–water partition coefficient (Wildman–Crippen LogP) is 1.99. The van der Waals surface area contributed by atoms with Crippen molar-refractivity contribution in [2.45, 2.75) is 19.8 Å². The van der Waals surface area contributed by atoms with Crippen LogP contribution in [0.4, 0.5) is 11.4 Å². The van der Waals surface area contributed by atoms with Crippen molar-refractivity contribution < 1.29 is 0 Å². The standard InChI is InChI=1S/C14H23N3/c1-12-6-3-7-13-14(12)16(2)9-5-11-17(13)10-4-8-15/h3,6-7H,4-5,8-11,15H2,1-2H3. The fraction of sp³-hybridized carbons (Fsp3) is 0.571. The molecule has 17 heavy (non-hydrogen) atoms. The van der Waals surface area contributed by atoms with Crippen molar-refractivity contribution in [2.75, 3.05) is 43.0 Å². The Morgan fingerprint density at radius 1 is 1.29 bits per heavy atom. The van der Waals surface area contributed by atoms with Crippen LogP contribution in [0, 0.1) is 6.92 Å². The summed E-state index contributed by atoms with van der Waals surface area (Å²) in [7, 11) is 2.19. The molecule has 0 fully saturated rings. The summed E-state index contributed by atoms with van der Waals surface area (Å²) in [5, 5.41) is 0. The van der Waals surface area contributed by atoms with Gasteiger partial charge in [-0.25, -0.2) is 0 Å². The molecule has 2 N–H and O–H groups in total. The smallest absolute Gasteiger partial charge is 0.0631 e. The minimum Gasteiger partial charge on any atom is -0.373 e. The van der Waals surface area contributed by atoms with E-state index >= 15 is 0 Å². The molecule has 1 heterocycles. The highest BCUT2D eigenvalue weighted by atomic mass is 15.2. The molecule has 94 valence electrons. The third-order valence-electron chi connectivity index (χ3n) is 3.49. The van der Waals surface area contributed by atoms with Gasteiger partial charge in [0.05, 0.1) is 11.4 Å². The summed E-state index contributed by atoms with van der Waals surface area (Å²) in [4.78, 5) is 4.87. The maximum absolute atomic E-state index is 5.62. The van der Waals surface area contributed by atoms with Crippen LogP contribution in [-0.4, -0.2) is 33.2 Å². The summed E-state index contributed by atoms with van der Waals surface area (Å²) in [6, 6.07) is 6.59. The van der Waals surface area contributed by atoms with Gasteiger partial charge in [0.25, 0.3) is 0 Å². The zero-order valence-corrected chi connectivity index (χ0v) is 10.9. The molecule has 0 saturated heterocycles. The molecule has 0 atom stereocenters. The molecule has 0 spiro atoms. The van der Waals surface area contributed by atoms with Gasteiger partial charge in [-0.05, 0) is 37.9 Å². The van der Waals surface area contributed by atoms with Gasteiger partial charge in [0.15, 0.2) is 0 Å². The zero-order chi connectivity index (χ0) is 12.3. The van der Waals surface area contributed by atoms with Crippen LogP contribution in [0.25, 0.3) is 0 Å². The maximum Gasteiger partial charge on any atom is 0.0631 e. The third kappa shape index (κ3) is 2.55. The first-order valence-electron chi connectivity index (χ1n) is 6.50. The van der Waals surface area contributed by atoms with Crippen molar-refractivity contribution in [3.63, 3.8) is 0 Å². The Morgan fingerprint density at radius 2 is 2.12 bits per heavy atom. The second-order valence-electron chi connectivity index (χ2n) is 4.85. The van der Waals surface area contributed by atoms with E-state index in [9.17, 15) is 0 Å². The van der Waals surface area contributed by atoms with E-state index in [4.69, 9.17) is 5.73 Å². The largest absolute Gasteiger partial charge is 0.373 e. The molecule has 3 heteroatoms. The number of hydrogen-bond acceptors (Lipinski definition) is 3. The molecule has 0 unspecified atom stereocenters. The van der Waals surface area contributed by atoms with E-state index in [1.165, 1.54) is 23.4 Å². The molecule has 1 aliphatic rings. The van der Waals surface area contributed by atoms with Crippen molar-refractivity contribution in [3.8, 4) is 0 Å². The van der Waals surface area contributed by atoms with E-state index in [1.807, 2.05) is 0 Å². The van der Waals surface area contributed by atoms with Crippen molar-refractivity contribution in [1.29, 1.82) is 0 Å². The second kappa shape index (κ2) is 5.41. The van der Waals surface area contributed by atoms with Crippen molar-refractivity contribution in [3.05, 3.63) is 23.8 Å². The summed E-state index contributed by atoms with van der Waals surface area (Å²) in [5.74, 6) is 0. The molecule has 0 radical (unpaired) electrons. The van der Waals surface area contributed by atoms with E-state index in [-0.39, 0.29) is 0 Å². The van der Waals surface area contributed by atoms with Crippen molar-refractivity contribution in [2.24, 2.45) is 5.73 Å². The minimum atomic E-state index is 0.771. The zero-order valence-electron chi connectivity index (χ0n) is 10.9. The van der Waals surface area contributed by atoms with Gasteiger partial charge in [-0.1, -0.05) is 12.1 Å². The summed E-state index contributed by atoms with van der Waals surface area (Å²) in [5.41, 5.74) is 9.75. The molecular formula is C14H23N3. The number of hydrogen-bond donors (Lipinski definition) is 1. The molecule has 0 saturated carbocycles. The fourth-order valence-electron chi connectivity index (χ4n) is 2.64. The summed E-state index contributed by atoms with van der Waals surface area (Å²) < 4.78 is 0. The number of nitrogens with zero attached hydrogens (tertiary/aromatic N) is 2. The number of para-hydroxylation sites is 1. The van der Waals surface area contributed by atoms with Gasteiger partial charge in [-0.2, -0.15) is 0 Å². The van der Waals surface area contributed by atoms with Gasteiger partial charge in [-0.15, -0.1) is 0 Å². The Bertz CT molecular complexity index is 376. The van der Waals surface area contributed by atoms with E-state index in [2.05, 4.69) is 42.0 Å². The first-order chi connectivity index (χ1) is 8.24. The number of aryl methyl sites for hydroxylation is 1. The Balaban J connectivity index is 2.33. The molecule has 2 rings (SSSR count). The summed E-state index contributed by atoms with van der Waals surface area (Å²) >= 11 is 0. The lowest BCUT2D eigenvalue weighted by molar-refractivity contribution is 0.710. The van der Waals surface area contributed by atoms with Gasteiger partial charge in [0.1, 0.15) is 0 Å². The number of rotatable bonds is 3. The molecule has 0 bridgehead atoms. The molecule has 0 aliphatic carbocycles. The van der Waals surface area contributed by atoms with E-state index in [0.29, 0.717) is 0 Å². The Morgan fingerprint density at radius 3 is 2.88 bits per heavy atom. The van der Waals surface area contributed by atoms with Gasteiger partial charge < -0.3 is 15.5 Å². The van der Waals surface area contributed by atoms with Gasteiger partial charge >= 0.3 is 0 Å². The van der Waals surface area contributed by atoms with Crippen molar-refractivity contribution >= 4 is 11.4 Å². The quantitative estimate of drug-likeness (QED) is 0.866. The highest BCUT2D eigenvalue weighted by molar-refractivity contribution is 5.75. The minimum absolute atomic E-state index is 0.771. The average molecular weight is 233 g/mol. The molecule has 1 aromatic carbocycles. The number of nitrogens with two attached hydrogens (primary N) is 1. The summed E-state index contributed by atoms with van der Waals surface area (Å²) in [6.07, 6.45) is 2.28. The molecule has 1 aromatic rings. The van der Waals surface area contributed by atoms with Gasteiger partial charge in [0, 0.05) is 26.7 Å². The normalized spacial score (nSPS) is 15.7. The van der Waals surface area contributed by atoms with Crippen LogP contribution in [-0.2, 0) is 0 Å². The third-order valence-corrected chi connectivity index (χ3v) is 3.49. The summed E-state index contributed by atoms with van der Waals surface area (Å²) in [6.45, 7) is 6.31. The Kier molecular flexibility index (Phi) is 3.89. The topological polar surface area (TPSA) is 32.5 Å². The second-order valence-corrected chi connectivity index (χ2v) is 4.85. The average Bonchev–Trinajstić information content (AvgIpc) is 2.47. The Hall–Kier alpha value is -1.22. The van der Waals surface area contributed by atoms with Gasteiger partial charge in [-0.3, -0.25) is 0 Å². The lowest BCUT2D eigenvalue weighted by Gasteiger charge is -2.27. The fourth-order valence-corrected chi connectivity index (χ4v) is 2.64. The van der Waals surface area contributed by atoms with E-state index in [1.54, 1.807) is 0 Å². The lowest BCUT2D eigenvalue weighted by Crippen LogP contribution is -2.26. The van der Waals surface area contributed by atoms with Crippen LogP contribution in [0.2, 0.25) is 0 Å². The van der Waals surface area contributed by atoms with Crippen LogP contribution >= 0.6 is 0 Å². The molecule has 3 nitrogen and oxygen atoms in total. The van der Waals surface area contributed by atoms with E-state index in [0.717, 1.165) is 32.6 Å². The number of anilines is 2. The highest BCUT2D eigenvalue weighted by Crippen LogP contribution is 2.34. The van der Waals surface area contributed by atoms with Crippen LogP contribution in [0.15, 0.2) is 18.2 Å². The number of fused-ring (bicyclic) bond motifs is 1. The van der Waals surface area contributed by atoms with E-state index < -0.39 is 0 Å². The first-order valence-corrected chi connectivity index (χ1v) is 6.50. The Labute approximate surface area is 104 Å². The molecule has 1 aliphatic heterocycles. The molecule has 0 aromatic heterocycles. The van der Waals surface area contributed by atoms with Crippen LogP contribution in [0.5, 0.6) is 0 Å². The monoisotopic (exact) mass is 233 g/mol. The molecule has 0 amide bonds. The predicted molar refractivity (Wildman–Crippen MR) is 75.0 cm³/mol. The molecular weight excluding hydrogens is 210 g/mol. The van der Waals surface area contributed by atoms with Gasteiger partial charge in [0.2, 0.25) is 0 Å². The first kappa shape index (κ1) is 12.2. The lowest BCUT2D eigenvalue weighted by atomic mass is 10.1. The SMILES string of the molecule is Cc1cccc2c1N(C)CCCN2CCCN. The van der Waals surface area contributed by atoms with Crippen LogP contribution in [0.3, 0.4) is 0 Å². The number of benzene rings is 1. The highest BCUT2D eigenvalue weighted by Gasteiger charge is 2.19. The van der Waals surface area contributed by atoms with Crippen LogP contribution in [0.1, 0.15) is 18.4 Å². The maximum atomic E-state index is 5.62. The van der Waals surface area contributed by atoms with Crippen LogP contribution < -0.4 is 15.5 Å². The van der Waals surface area contributed by atoms with Crippen molar-refractivity contribution in [1.82, 2.24) is 0 Å².